The van der Waals surface area contributed by atoms with E-state index >= 15 is 0 Å². The molecular weight excluding hydrogens is 336 g/mol. The summed E-state index contributed by atoms with van der Waals surface area (Å²) in [6.45, 7) is 4.71. The fraction of sp³-hybridized carbons (Fsp3) is 0.316. The van der Waals surface area contributed by atoms with E-state index in [1.165, 1.54) is 12.1 Å². The van der Waals surface area contributed by atoms with Gasteiger partial charge in [0.05, 0.1) is 18.1 Å². The number of nitrogens with one attached hydrogen (secondary N) is 1. The molecule has 1 atom stereocenters. The van der Waals surface area contributed by atoms with E-state index in [2.05, 4.69) is 5.32 Å². The largest absolute Gasteiger partial charge is 0.490 e. The van der Waals surface area contributed by atoms with Gasteiger partial charge in [0.2, 0.25) is 5.91 Å². The Labute approximate surface area is 151 Å². The van der Waals surface area contributed by atoms with E-state index in [-0.39, 0.29) is 23.9 Å². The predicted molar refractivity (Wildman–Crippen MR) is 97.0 cm³/mol. The first-order valence-electron chi connectivity index (χ1n) is 8.51. The molecule has 3 rings (SSSR count). The molecule has 26 heavy (non-hydrogen) atoms. The van der Waals surface area contributed by atoms with Crippen molar-refractivity contribution in [1.82, 2.24) is 0 Å². The summed E-state index contributed by atoms with van der Waals surface area (Å²) >= 11 is 0. The van der Waals surface area contributed by atoms with Crippen LogP contribution in [-0.4, -0.2) is 24.0 Å². The van der Waals surface area contributed by atoms with Crippen LogP contribution in [0.1, 0.15) is 37.3 Å². The smallest absolute Gasteiger partial charge is 0.269 e. The van der Waals surface area contributed by atoms with E-state index in [0.29, 0.717) is 30.4 Å². The summed E-state index contributed by atoms with van der Waals surface area (Å²) in [5, 5.41) is 13.9. The number of hydrogen-bond acceptors (Lipinski definition) is 5. The average Bonchev–Trinajstić information content (AvgIpc) is 2.62. The Morgan fingerprint density at radius 2 is 1.85 bits per heavy atom. The zero-order chi connectivity index (χ0) is 18.7. The summed E-state index contributed by atoms with van der Waals surface area (Å²) in [6, 6.07) is 10.0. The van der Waals surface area contributed by atoms with Gasteiger partial charge in [-0.15, -0.1) is 0 Å². The van der Waals surface area contributed by atoms with Crippen molar-refractivity contribution >= 4 is 17.3 Å². The van der Waals surface area contributed by atoms with Crippen LogP contribution < -0.4 is 14.8 Å². The van der Waals surface area contributed by atoms with E-state index in [1.54, 1.807) is 18.2 Å². The van der Waals surface area contributed by atoms with E-state index < -0.39 is 4.92 Å². The molecule has 1 amide bonds. The van der Waals surface area contributed by atoms with Gasteiger partial charge in [-0.05, 0) is 31.0 Å². The van der Waals surface area contributed by atoms with Crippen LogP contribution in [0.25, 0.3) is 0 Å². The van der Waals surface area contributed by atoms with Gasteiger partial charge in [0.25, 0.3) is 5.69 Å². The summed E-state index contributed by atoms with van der Waals surface area (Å²) in [4.78, 5) is 22.8. The molecule has 0 spiro atoms. The van der Waals surface area contributed by atoms with Gasteiger partial charge >= 0.3 is 0 Å². The lowest BCUT2D eigenvalue weighted by Crippen LogP contribution is -2.23. The molecule has 1 aliphatic heterocycles. The Morgan fingerprint density at radius 3 is 2.50 bits per heavy atom. The second kappa shape index (κ2) is 7.43. The van der Waals surface area contributed by atoms with Gasteiger partial charge in [-0.3, -0.25) is 14.9 Å². The van der Waals surface area contributed by atoms with Crippen LogP contribution in [0, 0.1) is 10.1 Å². The normalized spacial score (nSPS) is 15.8. The lowest BCUT2D eigenvalue weighted by molar-refractivity contribution is -0.384. The van der Waals surface area contributed by atoms with Crippen LogP contribution in [-0.2, 0) is 4.79 Å². The second-order valence-corrected chi connectivity index (χ2v) is 5.91. The van der Waals surface area contributed by atoms with Gasteiger partial charge in [-0.1, -0.05) is 12.1 Å². The highest BCUT2D eigenvalue weighted by atomic mass is 16.6. The molecule has 0 aliphatic carbocycles. The lowest BCUT2D eigenvalue weighted by Gasteiger charge is -2.27. The van der Waals surface area contributed by atoms with Crippen LogP contribution >= 0.6 is 0 Å². The Balaban J connectivity index is 2.10. The summed E-state index contributed by atoms with van der Waals surface area (Å²) < 4.78 is 11.3. The maximum atomic E-state index is 12.2. The first kappa shape index (κ1) is 17.7. The first-order valence-corrected chi connectivity index (χ1v) is 8.51. The minimum atomic E-state index is -0.433. The van der Waals surface area contributed by atoms with Crippen molar-refractivity contribution in [3.63, 3.8) is 0 Å². The molecule has 7 heteroatoms. The standard InChI is InChI=1S/C19H20N2O5/c1-3-25-17-9-15-14(12-6-5-7-13(8-12)21(23)24)10-19(22)20-16(15)11-18(17)26-4-2/h5-9,11,14H,3-4,10H2,1-2H3,(H,20,22)/t14-/m1/s1. The zero-order valence-corrected chi connectivity index (χ0v) is 14.7. The molecule has 0 radical (unpaired) electrons. The second-order valence-electron chi connectivity index (χ2n) is 5.91. The van der Waals surface area contributed by atoms with Crippen LogP contribution in [0.3, 0.4) is 0 Å². The number of anilines is 1. The van der Waals surface area contributed by atoms with Gasteiger partial charge in [0.15, 0.2) is 11.5 Å². The molecule has 0 fully saturated rings. The number of amides is 1. The first-order chi connectivity index (χ1) is 12.5. The summed E-state index contributed by atoms with van der Waals surface area (Å²) in [7, 11) is 0. The molecule has 136 valence electrons. The number of nitro benzene ring substituents is 1. The molecule has 2 aromatic rings. The minimum absolute atomic E-state index is 0.00556. The van der Waals surface area contributed by atoms with E-state index in [1.807, 2.05) is 19.9 Å². The topological polar surface area (TPSA) is 90.7 Å². The van der Waals surface area contributed by atoms with Crippen molar-refractivity contribution in [2.24, 2.45) is 0 Å². The third-order valence-corrected chi connectivity index (χ3v) is 4.24. The van der Waals surface area contributed by atoms with Crippen LogP contribution in [0.2, 0.25) is 0 Å². The van der Waals surface area contributed by atoms with Crippen molar-refractivity contribution < 1.29 is 19.2 Å². The highest BCUT2D eigenvalue weighted by molar-refractivity contribution is 5.96. The number of non-ortho nitro benzene ring substituents is 1. The van der Waals surface area contributed by atoms with Crippen molar-refractivity contribution in [1.29, 1.82) is 0 Å². The van der Waals surface area contributed by atoms with E-state index in [9.17, 15) is 14.9 Å². The summed E-state index contributed by atoms with van der Waals surface area (Å²) in [5.41, 5.74) is 2.23. The molecule has 0 saturated carbocycles. The molecular formula is C19H20N2O5. The van der Waals surface area contributed by atoms with Crippen LogP contribution in [0.5, 0.6) is 11.5 Å². The van der Waals surface area contributed by atoms with Gasteiger partial charge in [-0.2, -0.15) is 0 Å². The molecule has 0 bridgehead atoms. The minimum Gasteiger partial charge on any atom is -0.490 e. The quantitative estimate of drug-likeness (QED) is 0.627. The van der Waals surface area contributed by atoms with Gasteiger partial charge in [-0.25, -0.2) is 0 Å². The number of hydrogen-bond donors (Lipinski definition) is 1. The Hall–Kier alpha value is -3.09. The van der Waals surface area contributed by atoms with Crippen LogP contribution in [0.4, 0.5) is 11.4 Å². The number of benzene rings is 2. The molecule has 0 aromatic heterocycles. The third kappa shape index (κ3) is 3.46. The Kier molecular flexibility index (Phi) is 5.06. The van der Waals surface area contributed by atoms with E-state index in [4.69, 9.17) is 9.47 Å². The zero-order valence-electron chi connectivity index (χ0n) is 14.7. The predicted octanol–water partition coefficient (Wildman–Crippen LogP) is 3.87. The highest BCUT2D eigenvalue weighted by Crippen LogP contribution is 2.43. The van der Waals surface area contributed by atoms with Crippen LogP contribution in [0.15, 0.2) is 36.4 Å². The molecule has 2 aromatic carbocycles. The number of carbonyl (C=O) groups is 1. The number of ether oxygens (including phenoxy) is 2. The van der Waals surface area contributed by atoms with Crippen molar-refractivity contribution in [3.8, 4) is 11.5 Å². The van der Waals surface area contributed by atoms with Gasteiger partial charge in [0, 0.05) is 36.2 Å². The number of carbonyl (C=O) groups excluding carboxylic acids is 1. The fourth-order valence-corrected chi connectivity index (χ4v) is 3.16. The number of rotatable bonds is 6. The monoisotopic (exact) mass is 356 g/mol. The molecule has 7 nitrogen and oxygen atoms in total. The molecule has 0 unspecified atom stereocenters. The van der Waals surface area contributed by atoms with Crippen molar-refractivity contribution in [3.05, 3.63) is 57.6 Å². The maximum absolute atomic E-state index is 12.2. The summed E-state index contributed by atoms with van der Waals surface area (Å²) in [5.74, 6) is 0.738. The number of nitro groups is 1. The van der Waals surface area contributed by atoms with Gasteiger partial charge < -0.3 is 14.8 Å². The number of fused-ring (bicyclic) bond motifs is 1. The number of nitrogens with zero attached hydrogens (tertiary/aromatic N) is 1. The molecule has 1 N–H and O–H groups in total. The van der Waals surface area contributed by atoms with Gasteiger partial charge in [0.1, 0.15) is 0 Å². The average molecular weight is 356 g/mol. The SMILES string of the molecule is CCOc1cc2c(cc1OCC)[C@@H](c1cccc([N+](=O)[O-])c1)CC(=O)N2. The molecule has 0 saturated heterocycles. The van der Waals surface area contributed by atoms with E-state index in [0.717, 1.165) is 11.1 Å². The Bertz CT molecular complexity index is 850. The lowest BCUT2D eigenvalue weighted by atomic mass is 9.84. The Morgan fingerprint density at radius 1 is 1.15 bits per heavy atom. The van der Waals surface area contributed by atoms with Crippen molar-refractivity contribution in [2.75, 3.05) is 18.5 Å². The summed E-state index contributed by atoms with van der Waals surface area (Å²) in [6.07, 6.45) is 0.216. The highest BCUT2D eigenvalue weighted by Gasteiger charge is 2.29. The van der Waals surface area contributed by atoms with Crippen molar-refractivity contribution in [2.45, 2.75) is 26.2 Å². The maximum Gasteiger partial charge on any atom is 0.269 e. The molecule has 1 heterocycles. The fourth-order valence-electron chi connectivity index (χ4n) is 3.16. The third-order valence-electron chi connectivity index (χ3n) is 4.24. The molecule has 1 aliphatic rings.